The molecule has 0 bridgehead atoms. The monoisotopic (exact) mass is 570 g/mol. The zero-order valence-corrected chi connectivity index (χ0v) is 23.6. The van der Waals surface area contributed by atoms with Crippen molar-refractivity contribution >= 4 is 23.9 Å². The molecule has 2 atom stereocenters. The molecule has 1 aliphatic carbocycles. The Labute approximate surface area is 244 Å². The lowest BCUT2D eigenvalue weighted by Crippen LogP contribution is -2.53. The Morgan fingerprint density at radius 1 is 0.929 bits per heavy atom. The summed E-state index contributed by atoms with van der Waals surface area (Å²) < 4.78 is 11.4. The molecule has 218 valence electrons. The number of carbonyl (C=O) groups is 4. The third-order valence-electron chi connectivity index (χ3n) is 7.95. The van der Waals surface area contributed by atoms with Crippen LogP contribution in [0.5, 0.6) is 0 Å². The van der Waals surface area contributed by atoms with Gasteiger partial charge < -0.3 is 24.8 Å². The third-order valence-corrected chi connectivity index (χ3v) is 7.95. The summed E-state index contributed by atoms with van der Waals surface area (Å²) in [5.74, 6) is -2.70. The number of carbonyl (C=O) groups excluding carboxylic acids is 3. The van der Waals surface area contributed by atoms with Crippen molar-refractivity contribution in [1.29, 1.82) is 0 Å². The van der Waals surface area contributed by atoms with E-state index in [1.54, 1.807) is 13.8 Å². The minimum absolute atomic E-state index is 0.0150. The topological polar surface area (TPSA) is 122 Å². The van der Waals surface area contributed by atoms with E-state index in [1.165, 1.54) is 4.90 Å². The molecule has 0 radical (unpaired) electrons. The highest BCUT2D eigenvalue weighted by Crippen LogP contribution is 2.44. The van der Waals surface area contributed by atoms with Gasteiger partial charge in [-0.3, -0.25) is 9.59 Å². The van der Waals surface area contributed by atoms with E-state index in [2.05, 4.69) is 5.32 Å². The number of aliphatic carboxylic acids is 1. The van der Waals surface area contributed by atoms with Gasteiger partial charge >= 0.3 is 18.0 Å². The number of nitrogens with one attached hydrogen (secondary N) is 1. The van der Waals surface area contributed by atoms with E-state index in [9.17, 15) is 24.3 Å². The molecule has 1 aliphatic heterocycles. The van der Waals surface area contributed by atoms with Crippen molar-refractivity contribution in [2.75, 3.05) is 13.2 Å². The first-order chi connectivity index (χ1) is 20.2. The van der Waals surface area contributed by atoms with Gasteiger partial charge in [0.05, 0.1) is 6.42 Å². The van der Waals surface area contributed by atoms with Crippen LogP contribution in [0.15, 0.2) is 78.9 Å². The molecule has 1 fully saturated rings. The summed E-state index contributed by atoms with van der Waals surface area (Å²) in [6.45, 7) is 3.80. The maximum absolute atomic E-state index is 13.5. The molecule has 1 saturated heterocycles. The highest BCUT2D eigenvalue weighted by molar-refractivity contribution is 5.92. The Morgan fingerprint density at radius 3 is 2.14 bits per heavy atom. The van der Waals surface area contributed by atoms with Crippen molar-refractivity contribution in [1.82, 2.24) is 10.2 Å². The maximum Gasteiger partial charge on any atom is 0.407 e. The lowest BCUT2D eigenvalue weighted by molar-refractivity contribution is -0.166. The molecular weight excluding hydrogens is 536 g/mol. The number of rotatable bonds is 9. The van der Waals surface area contributed by atoms with Crippen LogP contribution in [0.3, 0.4) is 0 Å². The number of amides is 2. The fraction of sp³-hybridized carbons (Fsp3) is 0.333. The normalized spacial score (nSPS) is 16.7. The second-order valence-corrected chi connectivity index (χ2v) is 11.1. The number of carboxylic acids is 1. The number of benzene rings is 3. The van der Waals surface area contributed by atoms with Crippen molar-refractivity contribution in [2.24, 2.45) is 0 Å². The van der Waals surface area contributed by atoms with Gasteiger partial charge in [0, 0.05) is 12.5 Å². The van der Waals surface area contributed by atoms with E-state index in [0.29, 0.717) is 12.8 Å². The van der Waals surface area contributed by atoms with Crippen LogP contribution < -0.4 is 5.32 Å². The van der Waals surface area contributed by atoms with E-state index in [-0.39, 0.29) is 19.1 Å². The first-order valence-corrected chi connectivity index (χ1v) is 14.1. The Morgan fingerprint density at radius 2 is 1.52 bits per heavy atom. The van der Waals surface area contributed by atoms with Gasteiger partial charge in [0.2, 0.25) is 5.91 Å². The van der Waals surface area contributed by atoms with Gasteiger partial charge in [0.25, 0.3) is 0 Å². The fourth-order valence-electron chi connectivity index (χ4n) is 5.85. The van der Waals surface area contributed by atoms with E-state index in [4.69, 9.17) is 9.47 Å². The second-order valence-electron chi connectivity index (χ2n) is 11.1. The summed E-state index contributed by atoms with van der Waals surface area (Å²) in [5, 5.41) is 12.0. The van der Waals surface area contributed by atoms with Crippen LogP contribution in [-0.2, 0) is 29.5 Å². The number of hydrogen-bond donors (Lipinski definition) is 2. The van der Waals surface area contributed by atoms with Crippen LogP contribution in [0.2, 0.25) is 0 Å². The van der Waals surface area contributed by atoms with E-state index in [0.717, 1.165) is 27.8 Å². The van der Waals surface area contributed by atoms with Crippen LogP contribution >= 0.6 is 0 Å². The van der Waals surface area contributed by atoms with Gasteiger partial charge in [-0.05, 0) is 54.5 Å². The number of carboxylic acid groups (broad SMARTS) is 1. The quantitative estimate of drug-likeness (QED) is 0.353. The molecule has 0 saturated carbocycles. The average Bonchev–Trinajstić information content (AvgIpc) is 3.59. The van der Waals surface area contributed by atoms with Crippen molar-refractivity contribution in [3.05, 3.63) is 95.6 Å². The van der Waals surface area contributed by atoms with E-state index < -0.39 is 48.0 Å². The molecule has 2 aliphatic rings. The standard InChI is InChI=1S/C33H34N2O7/c1-33(2,21-11-4-3-5-12-21)42-31(39)28-17-10-18-35(28)30(38)27(19-29(36)37)34-32(40)41-20-26-24-15-8-6-13-22(24)23-14-7-9-16-25(23)26/h3-9,11-16,26-28H,10,17-20H2,1-2H3,(H,34,40)(H,36,37). The third kappa shape index (κ3) is 6.00. The molecule has 3 aromatic rings. The fourth-order valence-corrected chi connectivity index (χ4v) is 5.85. The molecule has 2 unspecified atom stereocenters. The molecule has 9 heteroatoms. The summed E-state index contributed by atoms with van der Waals surface area (Å²) in [4.78, 5) is 52.6. The lowest BCUT2D eigenvalue weighted by Gasteiger charge is -2.31. The molecule has 5 rings (SSSR count). The van der Waals surface area contributed by atoms with E-state index in [1.807, 2.05) is 78.9 Å². The largest absolute Gasteiger partial charge is 0.481 e. The SMILES string of the molecule is CC(C)(OC(=O)C1CCCN1C(=O)C(CC(=O)O)NC(=O)OCC1c2ccccc2-c2ccccc21)c1ccccc1. The summed E-state index contributed by atoms with van der Waals surface area (Å²) >= 11 is 0. The minimum Gasteiger partial charge on any atom is -0.481 e. The van der Waals surface area contributed by atoms with Crippen LogP contribution in [-0.4, -0.2) is 59.2 Å². The van der Waals surface area contributed by atoms with Gasteiger partial charge in [-0.15, -0.1) is 0 Å². The number of esters is 1. The van der Waals surface area contributed by atoms with Crippen molar-refractivity contribution in [3.8, 4) is 11.1 Å². The smallest absolute Gasteiger partial charge is 0.407 e. The Balaban J connectivity index is 1.25. The average molecular weight is 571 g/mol. The number of fused-ring (bicyclic) bond motifs is 3. The zero-order chi connectivity index (χ0) is 29.9. The van der Waals surface area contributed by atoms with Crippen molar-refractivity contribution < 1.29 is 33.8 Å². The molecule has 2 amide bonds. The van der Waals surface area contributed by atoms with Gasteiger partial charge in [0.15, 0.2) is 0 Å². The Hall–Kier alpha value is -4.66. The molecule has 0 aromatic heterocycles. The van der Waals surface area contributed by atoms with Gasteiger partial charge in [0.1, 0.15) is 24.3 Å². The Kier molecular flexibility index (Phi) is 8.29. The van der Waals surface area contributed by atoms with Gasteiger partial charge in [-0.25, -0.2) is 9.59 Å². The predicted molar refractivity (Wildman–Crippen MR) is 155 cm³/mol. The number of alkyl carbamates (subject to hydrolysis) is 1. The first kappa shape index (κ1) is 28.9. The van der Waals surface area contributed by atoms with Crippen molar-refractivity contribution in [3.63, 3.8) is 0 Å². The predicted octanol–water partition coefficient (Wildman–Crippen LogP) is 4.84. The summed E-state index contributed by atoms with van der Waals surface area (Å²) in [6, 6.07) is 22.8. The number of ether oxygens (including phenoxy) is 2. The molecule has 2 N–H and O–H groups in total. The molecule has 42 heavy (non-hydrogen) atoms. The maximum atomic E-state index is 13.5. The molecule has 1 heterocycles. The molecule has 0 spiro atoms. The first-order valence-electron chi connectivity index (χ1n) is 14.1. The number of likely N-dealkylation sites (tertiary alicyclic amines) is 1. The molecule has 3 aromatic carbocycles. The minimum atomic E-state index is -1.41. The Bertz CT molecular complexity index is 1440. The van der Waals surface area contributed by atoms with Crippen LogP contribution in [0.25, 0.3) is 11.1 Å². The highest BCUT2D eigenvalue weighted by atomic mass is 16.6. The lowest BCUT2D eigenvalue weighted by atomic mass is 9.98. The van der Waals surface area contributed by atoms with Crippen molar-refractivity contribution in [2.45, 2.75) is 56.7 Å². The van der Waals surface area contributed by atoms with Crippen LogP contribution in [0.1, 0.15) is 55.7 Å². The van der Waals surface area contributed by atoms with Gasteiger partial charge in [-0.1, -0.05) is 78.9 Å². The zero-order valence-electron chi connectivity index (χ0n) is 23.6. The van der Waals surface area contributed by atoms with Crippen LogP contribution in [0.4, 0.5) is 4.79 Å². The number of nitrogens with zero attached hydrogens (tertiary/aromatic N) is 1. The van der Waals surface area contributed by atoms with Crippen LogP contribution in [0, 0.1) is 0 Å². The summed E-state index contributed by atoms with van der Waals surface area (Å²) in [5.41, 5.74) is 4.07. The highest BCUT2D eigenvalue weighted by Gasteiger charge is 2.41. The number of hydrogen-bond acceptors (Lipinski definition) is 6. The van der Waals surface area contributed by atoms with Gasteiger partial charge in [-0.2, -0.15) is 0 Å². The summed E-state index contributed by atoms with van der Waals surface area (Å²) in [6.07, 6.45) is -0.640. The molecular formula is C33H34N2O7. The van der Waals surface area contributed by atoms with E-state index >= 15 is 0 Å². The second kappa shape index (κ2) is 12.1. The summed E-state index contributed by atoms with van der Waals surface area (Å²) in [7, 11) is 0. The molecule has 9 nitrogen and oxygen atoms in total.